The first-order valence-electron chi connectivity index (χ1n) is 7.42. The summed E-state index contributed by atoms with van der Waals surface area (Å²) >= 11 is 0. The molecule has 1 aromatic rings. The van der Waals surface area contributed by atoms with Crippen molar-refractivity contribution >= 4 is 6.01 Å². The van der Waals surface area contributed by atoms with Gasteiger partial charge in [0, 0.05) is 32.7 Å². The minimum Gasteiger partial charge on any atom is -0.432 e. The molecule has 19 heavy (non-hydrogen) atoms. The molecule has 0 aromatic carbocycles. The first kappa shape index (κ1) is 12.9. The highest BCUT2D eigenvalue weighted by molar-refractivity contribution is 5.25. The second-order valence-electron chi connectivity index (χ2n) is 5.75. The molecule has 1 saturated carbocycles. The van der Waals surface area contributed by atoms with E-state index in [1.165, 1.54) is 38.8 Å². The Kier molecular flexibility index (Phi) is 4.03. The maximum absolute atomic E-state index is 5.55. The molecule has 1 N–H and O–H groups in total. The molecule has 1 aliphatic heterocycles. The fourth-order valence-electron chi connectivity index (χ4n) is 2.48. The van der Waals surface area contributed by atoms with Gasteiger partial charge in [0.05, 0.1) is 5.69 Å². The molecule has 106 valence electrons. The van der Waals surface area contributed by atoms with E-state index in [9.17, 15) is 0 Å². The van der Waals surface area contributed by atoms with Gasteiger partial charge in [-0.2, -0.15) is 4.98 Å². The number of likely N-dealkylation sites (N-methyl/N-ethyl adjacent to an activating group) is 1. The van der Waals surface area contributed by atoms with Gasteiger partial charge >= 0.3 is 0 Å². The zero-order valence-electron chi connectivity index (χ0n) is 11.8. The molecule has 3 rings (SSSR count). The smallest absolute Gasteiger partial charge is 0.297 e. The summed E-state index contributed by atoms with van der Waals surface area (Å²) in [5.41, 5.74) is 1.01. The fraction of sp³-hybridized carbons (Fsp3) is 0.786. The van der Waals surface area contributed by atoms with Crippen molar-refractivity contribution in [2.24, 2.45) is 0 Å². The van der Waals surface area contributed by atoms with Crippen molar-refractivity contribution in [1.29, 1.82) is 0 Å². The van der Waals surface area contributed by atoms with Gasteiger partial charge in [0.15, 0.2) is 0 Å². The van der Waals surface area contributed by atoms with E-state index in [-0.39, 0.29) is 0 Å². The van der Waals surface area contributed by atoms with Gasteiger partial charge in [-0.3, -0.25) is 0 Å². The second kappa shape index (κ2) is 5.92. The quantitative estimate of drug-likeness (QED) is 0.808. The van der Waals surface area contributed by atoms with Crippen molar-refractivity contribution in [3.8, 4) is 0 Å². The number of nitrogens with zero attached hydrogens (tertiary/aromatic N) is 3. The van der Waals surface area contributed by atoms with Crippen LogP contribution >= 0.6 is 0 Å². The average Bonchev–Trinajstić information content (AvgIpc) is 2.94. The molecule has 5 heteroatoms. The first-order valence-corrected chi connectivity index (χ1v) is 7.42. The lowest BCUT2D eigenvalue weighted by Crippen LogP contribution is -2.31. The van der Waals surface area contributed by atoms with Crippen LogP contribution in [0.2, 0.25) is 0 Å². The summed E-state index contributed by atoms with van der Waals surface area (Å²) in [5.74, 6) is 0. The van der Waals surface area contributed by atoms with Crippen molar-refractivity contribution in [3.63, 3.8) is 0 Å². The Labute approximate surface area is 115 Å². The maximum atomic E-state index is 5.55. The van der Waals surface area contributed by atoms with Gasteiger partial charge in [-0.05, 0) is 38.8 Å². The Hall–Kier alpha value is -1.07. The molecule has 5 nitrogen and oxygen atoms in total. The number of anilines is 1. The third-order valence-corrected chi connectivity index (χ3v) is 3.97. The lowest BCUT2D eigenvalue weighted by molar-refractivity contribution is 0.344. The standard InChI is InChI=1S/C14H24N4O/c1-17(8-9-18-6-2-3-7-18)14-16-13(11-19-14)10-15-12-4-5-12/h11-12,15H,2-10H2,1H3. The molecule has 1 saturated heterocycles. The van der Waals surface area contributed by atoms with E-state index in [4.69, 9.17) is 4.42 Å². The summed E-state index contributed by atoms with van der Waals surface area (Å²) in [6.45, 7) is 5.41. The molecular formula is C14H24N4O. The van der Waals surface area contributed by atoms with E-state index in [1.54, 1.807) is 6.26 Å². The number of aromatic nitrogens is 1. The summed E-state index contributed by atoms with van der Waals surface area (Å²) in [4.78, 5) is 9.15. The molecule has 0 amide bonds. The summed E-state index contributed by atoms with van der Waals surface area (Å²) in [6, 6.07) is 1.46. The van der Waals surface area contributed by atoms with Crippen LogP contribution in [0.15, 0.2) is 10.7 Å². The van der Waals surface area contributed by atoms with Crippen molar-refractivity contribution in [1.82, 2.24) is 15.2 Å². The van der Waals surface area contributed by atoms with Crippen LogP contribution in [0.3, 0.4) is 0 Å². The van der Waals surface area contributed by atoms with Gasteiger partial charge < -0.3 is 19.5 Å². The summed E-state index contributed by atoms with van der Waals surface area (Å²) < 4.78 is 5.55. The van der Waals surface area contributed by atoms with Crippen LogP contribution in [0.4, 0.5) is 6.01 Å². The van der Waals surface area contributed by atoms with E-state index in [0.29, 0.717) is 6.04 Å². The molecule has 0 atom stereocenters. The van der Waals surface area contributed by atoms with Crippen LogP contribution in [-0.4, -0.2) is 49.2 Å². The number of nitrogens with one attached hydrogen (secondary N) is 1. The van der Waals surface area contributed by atoms with E-state index < -0.39 is 0 Å². The van der Waals surface area contributed by atoms with Crippen LogP contribution in [-0.2, 0) is 6.54 Å². The molecule has 0 unspecified atom stereocenters. The van der Waals surface area contributed by atoms with Gasteiger partial charge in [-0.1, -0.05) is 0 Å². The molecule has 1 aliphatic carbocycles. The second-order valence-corrected chi connectivity index (χ2v) is 5.75. The third kappa shape index (κ3) is 3.70. The third-order valence-electron chi connectivity index (χ3n) is 3.97. The average molecular weight is 264 g/mol. The molecule has 0 spiro atoms. The van der Waals surface area contributed by atoms with E-state index in [1.807, 2.05) is 0 Å². The monoisotopic (exact) mass is 264 g/mol. The SMILES string of the molecule is CN(CCN1CCCC1)c1nc(CNC2CC2)co1. The normalized spacial score (nSPS) is 20.1. The Bertz CT molecular complexity index is 396. The number of oxazole rings is 1. The van der Waals surface area contributed by atoms with Crippen molar-refractivity contribution in [2.75, 3.05) is 38.1 Å². The first-order chi connectivity index (χ1) is 9.31. The highest BCUT2D eigenvalue weighted by atomic mass is 16.4. The topological polar surface area (TPSA) is 44.5 Å². The zero-order chi connectivity index (χ0) is 13.1. The summed E-state index contributed by atoms with van der Waals surface area (Å²) in [7, 11) is 2.06. The van der Waals surface area contributed by atoms with Gasteiger partial charge in [0.25, 0.3) is 6.01 Å². The van der Waals surface area contributed by atoms with E-state index >= 15 is 0 Å². The predicted octanol–water partition coefficient (Wildman–Crippen LogP) is 1.46. The van der Waals surface area contributed by atoms with Crippen LogP contribution < -0.4 is 10.2 Å². The van der Waals surface area contributed by atoms with Crippen LogP contribution in [0, 0.1) is 0 Å². The van der Waals surface area contributed by atoms with Gasteiger partial charge in [-0.15, -0.1) is 0 Å². The lowest BCUT2D eigenvalue weighted by atomic mass is 10.4. The Morgan fingerprint density at radius 2 is 2.21 bits per heavy atom. The molecule has 2 fully saturated rings. The highest BCUT2D eigenvalue weighted by Gasteiger charge is 2.21. The lowest BCUT2D eigenvalue weighted by Gasteiger charge is -2.19. The van der Waals surface area contributed by atoms with Gasteiger partial charge in [0.1, 0.15) is 6.26 Å². The van der Waals surface area contributed by atoms with Gasteiger partial charge in [-0.25, -0.2) is 0 Å². The summed E-state index contributed by atoms with van der Waals surface area (Å²) in [5, 5.41) is 3.45. The molecule has 0 bridgehead atoms. The fourth-order valence-corrected chi connectivity index (χ4v) is 2.48. The largest absolute Gasteiger partial charge is 0.432 e. The Morgan fingerprint density at radius 1 is 1.42 bits per heavy atom. The van der Waals surface area contributed by atoms with E-state index in [0.717, 1.165) is 31.3 Å². The predicted molar refractivity (Wildman–Crippen MR) is 75.3 cm³/mol. The number of rotatable bonds is 7. The molecule has 2 heterocycles. The summed E-state index contributed by atoms with van der Waals surface area (Å²) in [6.07, 6.45) is 7.08. The Morgan fingerprint density at radius 3 is 2.95 bits per heavy atom. The Balaban J connectivity index is 1.43. The van der Waals surface area contributed by atoms with E-state index in [2.05, 4.69) is 27.1 Å². The number of hydrogen-bond acceptors (Lipinski definition) is 5. The highest BCUT2D eigenvalue weighted by Crippen LogP contribution is 2.20. The van der Waals surface area contributed by atoms with Crippen LogP contribution in [0.25, 0.3) is 0 Å². The molecule has 1 aromatic heterocycles. The zero-order valence-corrected chi connectivity index (χ0v) is 11.8. The van der Waals surface area contributed by atoms with Crippen LogP contribution in [0.5, 0.6) is 0 Å². The van der Waals surface area contributed by atoms with Crippen molar-refractivity contribution < 1.29 is 4.42 Å². The van der Waals surface area contributed by atoms with Crippen molar-refractivity contribution in [3.05, 3.63) is 12.0 Å². The minimum atomic E-state index is 0.716. The number of likely N-dealkylation sites (tertiary alicyclic amines) is 1. The van der Waals surface area contributed by atoms with Crippen LogP contribution in [0.1, 0.15) is 31.4 Å². The van der Waals surface area contributed by atoms with Gasteiger partial charge in [0.2, 0.25) is 0 Å². The molecule has 2 aliphatic rings. The molecular weight excluding hydrogens is 240 g/mol. The number of hydrogen-bond donors (Lipinski definition) is 1. The minimum absolute atomic E-state index is 0.716. The molecule has 0 radical (unpaired) electrons. The van der Waals surface area contributed by atoms with Crippen molar-refractivity contribution in [2.45, 2.75) is 38.3 Å². The maximum Gasteiger partial charge on any atom is 0.297 e.